The van der Waals surface area contributed by atoms with Crippen molar-refractivity contribution >= 4 is 11.3 Å². The SMILES string of the molecule is Cc1nn(C)cc1-c1nc(CC(N)c2ccccc2)cs1. The fourth-order valence-corrected chi connectivity index (χ4v) is 3.27. The number of aromatic nitrogens is 3. The van der Waals surface area contributed by atoms with Gasteiger partial charge < -0.3 is 5.73 Å². The van der Waals surface area contributed by atoms with Gasteiger partial charge in [-0.1, -0.05) is 30.3 Å². The highest BCUT2D eigenvalue weighted by atomic mass is 32.1. The molecule has 0 saturated carbocycles. The zero-order valence-electron chi connectivity index (χ0n) is 12.2. The van der Waals surface area contributed by atoms with E-state index in [0.717, 1.165) is 33.9 Å². The Bertz CT molecular complexity index is 730. The molecule has 3 aromatic rings. The van der Waals surface area contributed by atoms with Crippen molar-refractivity contribution in [2.24, 2.45) is 12.8 Å². The topological polar surface area (TPSA) is 56.7 Å². The summed E-state index contributed by atoms with van der Waals surface area (Å²) in [6.07, 6.45) is 2.76. The molecule has 0 radical (unpaired) electrons. The molecule has 0 fully saturated rings. The van der Waals surface area contributed by atoms with Crippen LogP contribution in [0.15, 0.2) is 41.9 Å². The van der Waals surface area contributed by atoms with Gasteiger partial charge in [0.25, 0.3) is 0 Å². The van der Waals surface area contributed by atoms with E-state index in [1.54, 1.807) is 11.3 Å². The fraction of sp³-hybridized carbons (Fsp3) is 0.250. The number of benzene rings is 1. The third kappa shape index (κ3) is 3.04. The lowest BCUT2D eigenvalue weighted by molar-refractivity contribution is 0.710. The van der Waals surface area contributed by atoms with Gasteiger partial charge >= 0.3 is 0 Å². The van der Waals surface area contributed by atoms with Gasteiger partial charge in [0.2, 0.25) is 0 Å². The van der Waals surface area contributed by atoms with Gasteiger partial charge in [0.15, 0.2) is 0 Å². The molecule has 3 rings (SSSR count). The Labute approximate surface area is 128 Å². The number of nitrogens with two attached hydrogens (primary N) is 1. The molecular formula is C16H18N4S. The van der Waals surface area contributed by atoms with Crippen molar-refractivity contribution in [1.29, 1.82) is 0 Å². The van der Waals surface area contributed by atoms with Gasteiger partial charge in [-0.15, -0.1) is 11.3 Å². The van der Waals surface area contributed by atoms with Crippen LogP contribution in [0.1, 0.15) is 23.0 Å². The summed E-state index contributed by atoms with van der Waals surface area (Å²) in [5.41, 5.74) is 10.5. The second-order valence-electron chi connectivity index (χ2n) is 5.17. The van der Waals surface area contributed by atoms with Crippen LogP contribution in [0.5, 0.6) is 0 Å². The highest BCUT2D eigenvalue weighted by molar-refractivity contribution is 7.13. The number of rotatable bonds is 4. The first kappa shape index (κ1) is 14.0. The van der Waals surface area contributed by atoms with E-state index in [9.17, 15) is 0 Å². The summed E-state index contributed by atoms with van der Waals surface area (Å²) in [4.78, 5) is 4.71. The first-order chi connectivity index (χ1) is 10.1. The molecule has 108 valence electrons. The second-order valence-corrected chi connectivity index (χ2v) is 6.03. The molecule has 0 aliphatic rings. The largest absolute Gasteiger partial charge is 0.324 e. The standard InChI is InChI=1S/C16H18N4S/c1-11-14(9-20(2)19-11)16-18-13(10-21-16)8-15(17)12-6-4-3-5-7-12/h3-7,9-10,15H,8,17H2,1-2H3. The Morgan fingerprint density at radius 2 is 2.05 bits per heavy atom. The monoisotopic (exact) mass is 298 g/mol. The Balaban J connectivity index is 1.78. The lowest BCUT2D eigenvalue weighted by Gasteiger charge is -2.09. The van der Waals surface area contributed by atoms with Crippen molar-refractivity contribution in [2.45, 2.75) is 19.4 Å². The van der Waals surface area contributed by atoms with Crippen molar-refractivity contribution in [3.8, 4) is 10.6 Å². The Morgan fingerprint density at radius 3 is 2.71 bits per heavy atom. The normalized spacial score (nSPS) is 12.5. The van der Waals surface area contributed by atoms with Crippen LogP contribution >= 0.6 is 11.3 Å². The third-order valence-corrected chi connectivity index (χ3v) is 4.38. The van der Waals surface area contributed by atoms with Crippen LogP contribution in [0.25, 0.3) is 10.6 Å². The zero-order valence-corrected chi connectivity index (χ0v) is 13.0. The van der Waals surface area contributed by atoms with Gasteiger partial charge in [-0.2, -0.15) is 5.10 Å². The van der Waals surface area contributed by atoms with Crippen LogP contribution in [0.4, 0.5) is 0 Å². The Morgan fingerprint density at radius 1 is 1.29 bits per heavy atom. The summed E-state index contributed by atoms with van der Waals surface area (Å²) < 4.78 is 1.82. The molecule has 0 bridgehead atoms. The number of nitrogens with zero attached hydrogens (tertiary/aromatic N) is 3. The maximum Gasteiger partial charge on any atom is 0.127 e. The predicted octanol–water partition coefficient (Wildman–Crippen LogP) is 3.09. The Hall–Kier alpha value is -1.98. The minimum atomic E-state index is -0.0175. The van der Waals surface area contributed by atoms with E-state index in [2.05, 4.69) is 22.6 Å². The average molecular weight is 298 g/mol. The zero-order chi connectivity index (χ0) is 14.8. The molecule has 2 aromatic heterocycles. The van der Waals surface area contributed by atoms with Gasteiger partial charge in [-0.05, 0) is 12.5 Å². The smallest absolute Gasteiger partial charge is 0.127 e. The molecule has 5 heteroatoms. The van der Waals surface area contributed by atoms with Crippen LogP contribution in [0, 0.1) is 6.92 Å². The molecule has 2 N–H and O–H groups in total. The van der Waals surface area contributed by atoms with E-state index in [1.165, 1.54) is 0 Å². The molecule has 4 nitrogen and oxygen atoms in total. The van der Waals surface area contributed by atoms with Gasteiger partial charge in [-0.3, -0.25) is 4.68 Å². The summed E-state index contributed by atoms with van der Waals surface area (Å²) in [7, 11) is 1.93. The molecule has 0 amide bonds. The van der Waals surface area contributed by atoms with Crippen molar-refractivity contribution in [2.75, 3.05) is 0 Å². The molecule has 1 aromatic carbocycles. The molecule has 0 spiro atoms. The minimum absolute atomic E-state index is 0.0175. The highest BCUT2D eigenvalue weighted by Gasteiger charge is 2.13. The fourth-order valence-electron chi connectivity index (χ4n) is 2.38. The van der Waals surface area contributed by atoms with E-state index in [-0.39, 0.29) is 6.04 Å². The van der Waals surface area contributed by atoms with E-state index in [1.807, 2.05) is 43.0 Å². The van der Waals surface area contributed by atoms with Crippen LogP contribution in [-0.4, -0.2) is 14.8 Å². The Kier molecular flexibility index (Phi) is 3.86. The third-order valence-electron chi connectivity index (χ3n) is 3.45. The summed E-state index contributed by atoms with van der Waals surface area (Å²) in [6.45, 7) is 2.01. The molecule has 1 unspecified atom stereocenters. The first-order valence-corrected chi connectivity index (χ1v) is 7.77. The van der Waals surface area contributed by atoms with Crippen LogP contribution in [-0.2, 0) is 13.5 Å². The minimum Gasteiger partial charge on any atom is -0.324 e. The summed E-state index contributed by atoms with van der Waals surface area (Å²) in [6, 6.07) is 10.1. The maximum atomic E-state index is 6.26. The summed E-state index contributed by atoms with van der Waals surface area (Å²) >= 11 is 1.65. The van der Waals surface area contributed by atoms with E-state index >= 15 is 0 Å². The number of aryl methyl sites for hydroxylation is 2. The van der Waals surface area contributed by atoms with E-state index in [4.69, 9.17) is 10.7 Å². The van der Waals surface area contributed by atoms with Gasteiger partial charge in [0.05, 0.1) is 17.0 Å². The van der Waals surface area contributed by atoms with Gasteiger partial charge in [0, 0.05) is 31.1 Å². The average Bonchev–Trinajstić information content (AvgIpc) is 3.06. The summed E-state index contributed by atoms with van der Waals surface area (Å²) in [5.74, 6) is 0. The predicted molar refractivity (Wildman–Crippen MR) is 86.1 cm³/mol. The lowest BCUT2D eigenvalue weighted by Crippen LogP contribution is -2.13. The number of hydrogen-bond donors (Lipinski definition) is 1. The van der Waals surface area contributed by atoms with Crippen molar-refractivity contribution in [3.63, 3.8) is 0 Å². The van der Waals surface area contributed by atoms with Crippen LogP contribution in [0.3, 0.4) is 0 Å². The quantitative estimate of drug-likeness (QED) is 0.805. The summed E-state index contributed by atoms with van der Waals surface area (Å²) in [5, 5.41) is 7.46. The molecular weight excluding hydrogens is 280 g/mol. The van der Waals surface area contributed by atoms with Crippen molar-refractivity contribution in [3.05, 3.63) is 58.9 Å². The first-order valence-electron chi connectivity index (χ1n) is 6.89. The van der Waals surface area contributed by atoms with Crippen LogP contribution in [0.2, 0.25) is 0 Å². The molecule has 21 heavy (non-hydrogen) atoms. The molecule has 2 heterocycles. The molecule has 0 aliphatic carbocycles. The highest BCUT2D eigenvalue weighted by Crippen LogP contribution is 2.27. The van der Waals surface area contributed by atoms with E-state index < -0.39 is 0 Å². The lowest BCUT2D eigenvalue weighted by atomic mass is 10.0. The maximum absolute atomic E-state index is 6.26. The molecule has 1 atom stereocenters. The number of hydrogen-bond acceptors (Lipinski definition) is 4. The second kappa shape index (κ2) is 5.79. The molecule has 0 aliphatic heterocycles. The van der Waals surface area contributed by atoms with Crippen molar-refractivity contribution < 1.29 is 0 Å². The van der Waals surface area contributed by atoms with Crippen molar-refractivity contribution in [1.82, 2.24) is 14.8 Å². The van der Waals surface area contributed by atoms with Gasteiger partial charge in [-0.25, -0.2) is 4.98 Å². The van der Waals surface area contributed by atoms with Crippen LogP contribution < -0.4 is 5.73 Å². The van der Waals surface area contributed by atoms with E-state index in [0.29, 0.717) is 0 Å². The van der Waals surface area contributed by atoms with Gasteiger partial charge in [0.1, 0.15) is 5.01 Å². The molecule has 0 saturated heterocycles. The number of thiazole rings is 1.